The van der Waals surface area contributed by atoms with Crippen molar-refractivity contribution >= 4 is 23.3 Å². The van der Waals surface area contributed by atoms with Gasteiger partial charge in [-0.3, -0.25) is 0 Å². The van der Waals surface area contributed by atoms with Crippen molar-refractivity contribution in [3.8, 4) is 5.75 Å². The second-order valence-electron chi connectivity index (χ2n) is 14.5. The monoisotopic (exact) mass is 749 g/mol. The minimum Gasteiger partial charge on any atom is -0.496 e. The molecule has 1 saturated heterocycles. The molecule has 1 aromatic heterocycles. The van der Waals surface area contributed by atoms with E-state index in [1.807, 2.05) is 23.1 Å². The van der Waals surface area contributed by atoms with Gasteiger partial charge in [0, 0.05) is 44.8 Å². The minimum absolute atomic E-state index is 0.0435. The summed E-state index contributed by atoms with van der Waals surface area (Å²) in [6.07, 6.45) is -7.08. The molecule has 53 heavy (non-hydrogen) atoms. The molecule has 0 bridgehead atoms. The predicted octanol–water partition coefficient (Wildman–Crippen LogP) is 8.58. The number of nitrogens with zero attached hydrogens (tertiary/aromatic N) is 5. The van der Waals surface area contributed by atoms with Gasteiger partial charge in [-0.15, -0.1) is 0 Å². The first-order chi connectivity index (χ1) is 24.8. The van der Waals surface area contributed by atoms with Crippen LogP contribution in [0.3, 0.4) is 0 Å². The van der Waals surface area contributed by atoms with Gasteiger partial charge in [-0.25, -0.2) is 14.8 Å². The number of amides is 1. The first-order valence-corrected chi connectivity index (χ1v) is 17.4. The first kappa shape index (κ1) is 39.7. The van der Waals surface area contributed by atoms with E-state index in [1.165, 1.54) is 9.80 Å². The highest BCUT2D eigenvalue weighted by molar-refractivity contribution is 5.78. The van der Waals surface area contributed by atoms with E-state index < -0.39 is 41.7 Å². The number of halogens is 6. The average molecular weight is 750 g/mol. The summed E-state index contributed by atoms with van der Waals surface area (Å²) < 4.78 is 101. The van der Waals surface area contributed by atoms with Crippen molar-refractivity contribution in [2.24, 2.45) is 0 Å². The quantitative estimate of drug-likeness (QED) is 0.202. The van der Waals surface area contributed by atoms with Crippen LogP contribution in [0.4, 0.5) is 42.8 Å². The molecule has 0 aliphatic carbocycles. The highest BCUT2D eigenvalue weighted by Crippen LogP contribution is 2.39. The number of carbonyl (C=O) groups excluding carboxylic acids is 1. The molecule has 0 saturated carbocycles. The molecule has 2 aliphatic rings. The van der Waals surface area contributed by atoms with Crippen molar-refractivity contribution in [1.29, 1.82) is 0 Å². The molecule has 5 rings (SSSR count). The number of rotatable bonds is 9. The number of methoxy groups -OCH3 is 1. The fraction of sp³-hybridized carbons (Fsp3) is 0.500. The Morgan fingerprint density at radius 1 is 0.906 bits per heavy atom. The van der Waals surface area contributed by atoms with E-state index in [9.17, 15) is 31.1 Å². The van der Waals surface area contributed by atoms with Crippen LogP contribution < -0.4 is 14.5 Å². The van der Waals surface area contributed by atoms with E-state index in [4.69, 9.17) is 14.2 Å². The molecular formula is C38H45F6N5O4. The van der Waals surface area contributed by atoms with Crippen molar-refractivity contribution in [3.63, 3.8) is 0 Å². The van der Waals surface area contributed by atoms with E-state index >= 15 is 0 Å². The summed E-state index contributed by atoms with van der Waals surface area (Å²) >= 11 is 0. The fourth-order valence-electron chi connectivity index (χ4n) is 6.32. The van der Waals surface area contributed by atoms with E-state index in [2.05, 4.69) is 23.8 Å². The van der Waals surface area contributed by atoms with Gasteiger partial charge < -0.3 is 28.9 Å². The Hall–Kier alpha value is -4.53. The number of anilines is 2. The normalized spacial score (nSPS) is 15.9. The Kier molecular flexibility index (Phi) is 11.8. The van der Waals surface area contributed by atoms with Gasteiger partial charge in [-0.1, -0.05) is 19.9 Å². The summed E-state index contributed by atoms with van der Waals surface area (Å²) in [6, 6.07) is 7.37. The molecule has 1 amide bonds. The summed E-state index contributed by atoms with van der Waals surface area (Å²) in [6.45, 7) is 11.5. The summed E-state index contributed by atoms with van der Waals surface area (Å²) in [5.74, 6) is 0.833. The third-order valence-electron chi connectivity index (χ3n) is 8.99. The van der Waals surface area contributed by atoms with Crippen LogP contribution >= 0.6 is 0 Å². The van der Waals surface area contributed by atoms with Crippen molar-refractivity contribution in [2.45, 2.75) is 71.5 Å². The number of hydrogen-bond donors (Lipinski definition) is 0. The fourth-order valence-corrected chi connectivity index (χ4v) is 6.32. The largest absolute Gasteiger partial charge is 0.496 e. The minimum atomic E-state index is -5.03. The van der Waals surface area contributed by atoms with Crippen molar-refractivity contribution in [2.75, 3.05) is 62.8 Å². The van der Waals surface area contributed by atoms with Gasteiger partial charge in [0.25, 0.3) is 0 Å². The molecule has 15 heteroatoms. The number of hydrogen-bond acceptors (Lipinski definition) is 8. The molecular weight excluding hydrogens is 704 g/mol. The van der Waals surface area contributed by atoms with Gasteiger partial charge in [0.05, 0.1) is 49.5 Å². The summed E-state index contributed by atoms with van der Waals surface area (Å²) in [4.78, 5) is 27.6. The Morgan fingerprint density at radius 3 is 2.08 bits per heavy atom. The molecule has 9 nitrogen and oxygen atoms in total. The highest BCUT2D eigenvalue weighted by atomic mass is 19.4. The predicted molar refractivity (Wildman–Crippen MR) is 189 cm³/mol. The Labute approximate surface area is 305 Å². The molecule has 2 aromatic carbocycles. The third-order valence-corrected chi connectivity index (χ3v) is 8.99. The lowest BCUT2D eigenvalue weighted by atomic mass is 9.89. The summed E-state index contributed by atoms with van der Waals surface area (Å²) in [5.41, 5.74) is 0.143. The number of ether oxygens (including phenoxy) is 3. The zero-order valence-corrected chi connectivity index (χ0v) is 30.7. The molecule has 0 atom stereocenters. The second-order valence-corrected chi connectivity index (χ2v) is 14.5. The van der Waals surface area contributed by atoms with Crippen LogP contribution in [-0.2, 0) is 28.4 Å². The molecule has 0 radical (unpaired) electrons. The van der Waals surface area contributed by atoms with Crippen LogP contribution in [0.15, 0.2) is 54.4 Å². The molecule has 3 heterocycles. The lowest BCUT2D eigenvalue weighted by Crippen LogP contribution is -2.42. The zero-order chi connectivity index (χ0) is 38.7. The maximum absolute atomic E-state index is 13.9. The molecule has 0 N–H and O–H groups in total. The van der Waals surface area contributed by atoms with Crippen LogP contribution in [0.1, 0.15) is 74.8 Å². The first-order valence-electron chi connectivity index (χ1n) is 17.4. The Morgan fingerprint density at radius 2 is 1.53 bits per heavy atom. The molecule has 0 unspecified atom stereocenters. The molecule has 0 spiro atoms. The van der Waals surface area contributed by atoms with Gasteiger partial charge in [0.15, 0.2) is 0 Å². The van der Waals surface area contributed by atoms with Gasteiger partial charge in [-0.05, 0) is 85.7 Å². The van der Waals surface area contributed by atoms with E-state index in [-0.39, 0.29) is 36.6 Å². The third kappa shape index (κ3) is 10.1. The number of carbonyl (C=O) groups is 1. The van der Waals surface area contributed by atoms with E-state index in [0.717, 1.165) is 16.7 Å². The highest BCUT2D eigenvalue weighted by Gasteiger charge is 2.37. The van der Waals surface area contributed by atoms with Gasteiger partial charge in [-0.2, -0.15) is 26.3 Å². The second kappa shape index (κ2) is 15.8. The van der Waals surface area contributed by atoms with Crippen molar-refractivity contribution in [1.82, 2.24) is 14.9 Å². The van der Waals surface area contributed by atoms with E-state index in [0.29, 0.717) is 68.4 Å². The Bertz CT molecular complexity index is 1750. The van der Waals surface area contributed by atoms with Crippen LogP contribution in [0.25, 0.3) is 5.57 Å². The molecule has 2 aliphatic heterocycles. The smallest absolute Gasteiger partial charge is 0.416 e. The SMILES string of the molecule is COc1ccc(C(C)C)cc1C1=C(CN(Cc2cc(C(F)(F)F)cc(C(F)(F)F)c2)c2ncc(N3CCOCC3)cn2)CN(C(=O)OC(C)(C)C)CC1. The summed E-state index contributed by atoms with van der Waals surface area (Å²) in [7, 11) is 1.55. The van der Waals surface area contributed by atoms with Crippen LogP contribution in [-0.4, -0.2) is 79.6 Å². The van der Waals surface area contributed by atoms with Crippen molar-refractivity contribution in [3.05, 3.63) is 82.2 Å². The Balaban J connectivity index is 1.64. The van der Waals surface area contributed by atoms with Gasteiger partial charge in [0.1, 0.15) is 11.4 Å². The van der Waals surface area contributed by atoms with Gasteiger partial charge >= 0.3 is 18.4 Å². The van der Waals surface area contributed by atoms with E-state index in [1.54, 1.807) is 40.3 Å². The maximum atomic E-state index is 13.9. The molecule has 3 aromatic rings. The number of morpholine rings is 1. The van der Waals surface area contributed by atoms with Crippen LogP contribution in [0.5, 0.6) is 5.75 Å². The van der Waals surface area contributed by atoms with Gasteiger partial charge in [0.2, 0.25) is 5.95 Å². The number of alkyl halides is 6. The number of aromatic nitrogens is 2. The molecule has 1 fully saturated rings. The number of benzene rings is 2. The molecule has 288 valence electrons. The zero-order valence-electron chi connectivity index (χ0n) is 30.7. The lowest BCUT2D eigenvalue weighted by molar-refractivity contribution is -0.143. The average Bonchev–Trinajstić information content (AvgIpc) is 3.10. The summed E-state index contributed by atoms with van der Waals surface area (Å²) in [5, 5.41) is 0. The van der Waals surface area contributed by atoms with Crippen LogP contribution in [0, 0.1) is 0 Å². The lowest BCUT2D eigenvalue weighted by Gasteiger charge is -2.35. The van der Waals surface area contributed by atoms with Crippen LogP contribution in [0.2, 0.25) is 0 Å². The maximum Gasteiger partial charge on any atom is 0.416 e. The van der Waals surface area contributed by atoms with Crippen molar-refractivity contribution < 1.29 is 45.3 Å². The standard InChI is InChI=1S/C38H45F6N5O4/c1-24(2)26-7-8-33(51-6)32(17-26)31-9-10-48(35(50)53-36(3,4)5)22-27(31)23-49(34-45-19-30(20-46-34)47-11-13-52-14-12-47)21-25-15-28(37(39,40)41)18-29(16-25)38(42,43)44/h7-8,15-20,24H,9-14,21-23H2,1-6H3. The topological polar surface area (TPSA) is 80.3 Å².